The zero-order chi connectivity index (χ0) is 18.6. The van der Waals surface area contributed by atoms with E-state index in [0.717, 1.165) is 27.7 Å². The summed E-state index contributed by atoms with van der Waals surface area (Å²) in [6.07, 6.45) is 6.65. The number of thioether (sulfide) groups is 1. The van der Waals surface area contributed by atoms with Crippen LogP contribution in [0.25, 0.3) is 6.08 Å². The zero-order valence-corrected chi connectivity index (χ0v) is 16.4. The van der Waals surface area contributed by atoms with Gasteiger partial charge < -0.3 is 0 Å². The molecule has 2 atom stereocenters. The highest BCUT2D eigenvalue weighted by molar-refractivity contribution is 8.18. The molecule has 0 aromatic heterocycles. The van der Waals surface area contributed by atoms with Crippen LogP contribution in [-0.4, -0.2) is 22.0 Å². The molecule has 3 nitrogen and oxygen atoms in total. The second-order valence-electron chi connectivity index (χ2n) is 7.26. The second-order valence-corrected chi connectivity index (χ2v) is 8.26. The van der Waals surface area contributed by atoms with E-state index in [1.54, 1.807) is 0 Å². The van der Waals surface area contributed by atoms with Gasteiger partial charge in [0, 0.05) is 6.04 Å². The molecule has 1 amide bonds. The summed E-state index contributed by atoms with van der Waals surface area (Å²) >= 11 is 1.50. The van der Waals surface area contributed by atoms with Crippen LogP contribution in [0.5, 0.6) is 0 Å². The number of benzene rings is 2. The van der Waals surface area contributed by atoms with E-state index in [9.17, 15) is 4.79 Å². The Kier molecular flexibility index (Phi) is 5.44. The third-order valence-electron chi connectivity index (χ3n) is 5.31. The van der Waals surface area contributed by atoms with Gasteiger partial charge in [-0.25, -0.2) is 4.99 Å². The van der Waals surface area contributed by atoms with E-state index in [0.29, 0.717) is 5.92 Å². The number of nitrogens with zero attached hydrogens (tertiary/aromatic N) is 2. The largest absolute Gasteiger partial charge is 0.283 e. The van der Waals surface area contributed by atoms with Crippen LogP contribution >= 0.6 is 11.8 Å². The molecule has 0 unspecified atom stereocenters. The summed E-state index contributed by atoms with van der Waals surface area (Å²) in [5, 5.41) is 0.812. The number of aliphatic imine (C=N–C) groups is 1. The molecule has 4 rings (SSSR count). The number of para-hydroxylation sites is 1. The Bertz CT molecular complexity index is 860. The number of carbonyl (C=O) groups is 1. The fourth-order valence-electron chi connectivity index (χ4n) is 3.85. The van der Waals surface area contributed by atoms with E-state index in [-0.39, 0.29) is 11.9 Å². The molecule has 138 valence electrons. The zero-order valence-electron chi connectivity index (χ0n) is 15.5. The lowest BCUT2D eigenvalue weighted by Crippen LogP contribution is -2.44. The molecule has 4 heteroatoms. The van der Waals surface area contributed by atoms with Crippen LogP contribution in [0, 0.1) is 5.92 Å². The van der Waals surface area contributed by atoms with E-state index in [1.165, 1.54) is 31.0 Å². The van der Waals surface area contributed by atoms with Crippen molar-refractivity contribution in [1.82, 2.24) is 4.90 Å². The van der Waals surface area contributed by atoms with Gasteiger partial charge in [-0.15, -0.1) is 0 Å². The number of amidine groups is 1. The SMILES string of the molecule is C[C@@H]1CCCC[C@H]1N1C(=O)/C(=C/c2ccccc2)SC1=Nc1ccccc1. The van der Waals surface area contributed by atoms with Crippen molar-refractivity contribution in [3.05, 3.63) is 71.1 Å². The van der Waals surface area contributed by atoms with Crippen molar-refractivity contribution in [2.24, 2.45) is 10.9 Å². The van der Waals surface area contributed by atoms with E-state index >= 15 is 0 Å². The molecule has 1 saturated carbocycles. The Hall–Kier alpha value is -2.33. The number of hydrogen-bond acceptors (Lipinski definition) is 3. The molecule has 0 N–H and O–H groups in total. The van der Waals surface area contributed by atoms with Crippen molar-refractivity contribution in [3.8, 4) is 0 Å². The van der Waals surface area contributed by atoms with Gasteiger partial charge in [0.15, 0.2) is 5.17 Å². The van der Waals surface area contributed by atoms with Crippen LogP contribution in [-0.2, 0) is 4.79 Å². The molecule has 1 saturated heterocycles. The van der Waals surface area contributed by atoms with Gasteiger partial charge in [0.2, 0.25) is 0 Å². The molecule has 2 aromatic carbocycles. The van der Waals surface area contributed by atoms with Gasteiger partial charge in [0.25, 0.3) is 5.91 Å². The highest BCUT2D eigenvalue weighted by Gasteiger charge is 2.40. The van der Waals surface area contributed by atoms with Gasteiger partial charge in [-0.2, -0.15) is 0 Å². The molecule has 2 aromatic rings. The Balaban J connectivity index is 1.71. The third kappa shape index (κ3) is 4.01. The minimum atomic E-state index is 0.0947. The van der Waals surface area contributed by atoms with Crippen molar-refractivity contribution in [3.63, 3.8) is 0 Å². The van der Waals surface area contributed by atoms with Crippen LogP contribution in [0.4, 0.5) is 5.69 Å². The van der Waals surface area contributed by atoms with Crippen LogP contribution in [0.1, 0.15) is 38.2 Å². The highest BCUT2D eigenvalue weighted by atomic mass is 32.2. The first kappa shape index (κ1) is 18.1. The maximum atomic E-state index is 13.3. The molecule has 0 spiro atoms. The average Bonchev–Trinajstić information content (AvgIpc) is 2.99. The van der Waals surface area contributed by atoms with Crippen LogP contribution in [0.3, 0.4) is 0 Å². The average molecular weight is 377 g/mol. The molecule has 0 bridgehead atoms. The normalized spacial score (nSPS) is 26.1. The number of rotatable bonds is 3. The summed E-state index contributed by atoms with van der Waals surface area (Å²) in [7, 11) is 0. The summed E-state index contributed by atoms with van der Waals surface area (Å²) in [5.41, 5.74) is 1.94. The maximum absolute atomic E-state index is 13.3. The highest BCUT2D eigenvalue weighted by Crippen LogP contribution is 2.40. The Labute approximate surface area is 165 Å². The quantitative estimate of drug-likeness (QED) is 0.628. The van der Waals surface area contributed by atoms with Gasteiger partial charge in [0.05, 0.1) is 10.6 Å². The van der Waals surface area contributed by atoms with Crippen molar-refractivity contribution in [1.29, 1.82) is 0 Å². The fraction of sp³-hybridized carbons (Fsp3) is 0.304. The molecule has 27 heavy (non-hydrogen) atoms. The van der Waals surface area contributed by atoms with E-state index in [1.807, 2.05) is 71.6 Å². The van der Waals surface area contributed by atoms with Gasteiger partial charge in [-0.3, -0.25) is 9.69 Å². The minimum Gasteiger partial charge on any atom is -0.283 e. The fourth-order valence-corrected chi connectivity index (χ4v) is 4.90. The molecule has 2 aliphatic rings. The predicted octanol–water partition coefficient (Wildman–Crippen LogP) is 5.87. The topological polar surface area (TPSA) is 32.7 Å². The molecular weight excluding hydrogens is 352 g/mol. The number of amides is 1. The molecule has 1 aliphatic carbocycles. The first-order valence-electron chi connectivity index (χ1n) is 9.64. The predicted molar refractivity (Wildman–Crippen MR) is 114 cm³/mol. The second kappa shape index (κ2) is 8.13. The Morgan fingerprint density at radius 1 is 1.00 bits per heavy atom. The van der Waals surface area contributed by atoms with Gasteiger partial charge in [0.1, 0.15) is 0 Å². The molecule has 0 radical (unpaired) electrons. The molecular formula is C23H24N2OS. The van der Waals surface area contributed by atoms with Crippen LogP contribution < -0.4 is 0 Å². The molecule has 1 aliphatic heterocycles. The summed E-state index contributed by atoms with van der Waals surface area (Å²) in [6.45, 7) is 2.26. The van der Waals surface area contributed by atoms with E-state index in [2.05, 4.69) is 6.92 Å². The van der Waals surface area contributed by atoms with Crippen LogP contribution in [0.2, 0.25) is 0 Å². The number of carbonyl (C=O) groups excluding carboxylic acids is 1. The first-order valence-corrected chi connectivity index (χ1v) is 10.5. The van der Waals surface area contributed by atoms with Crippen molar-refractivity contribution >= 4 is 34.6 Å². The van der Waals surface area contributed by atoms with Gasteiger partial charge >= 0.3 is 0 Å². The summed E-state index contributed by atoms with van der Waals surface area (Å²) in [5.74, 6) is 0.595. The monoisotopic (exact) mass is 376 g/mol. The lowest BCUT2D eigenvalue weighted by Gasteiger charge is -2.35. The smallest absolute Gasteiger partial charge is 0.267 e. The molecule has 1 heterocycles. The van der Waals surface area contributed by atoms with E-state index in [4.69, 9.17) is 4.99 Å². The summed E-state index contributed by atoms with van der Waals surface area (Å²) < 4.78 is 0. The third-order valence-corrected chi connectivity index (χ3v) is 6.30. The van der Waals surface area contributed by atoms with Gasteiger partial charge in [-0.05, 0) is 54.3 Å². The standard InChI is InChI=1S/C23H24N2OS/c1-17-10-8-9-15-20(17)25-22(26)21(16-18-11-4-2-5-12-18)27-23(25)24-19-13-6-3-7-14-19/h2-7,11-14,16-17,20H,8-10,15H2,1H3/b21-16-,24-23?/t17-,20-/m1/s1. The Morgan fingerprint density at radius 3 is 2.37 bits per heavy atom. The molecule has 2 fully saturated rings. The maximum Gasteiger partial charge on any atom is 0.267 e. The van der Waals surface area contributed by atoms with Crippen molar-refractivity contribution in [2.75, 3.05) is 0 Å². The van der Waals surface area contributed by atoms with Gasteiger partial charge in [-0.1, -0.05) is 68.3 Å². The minimum absolute atomic E-state index is 0.0947. The number of hydrogen-bond donors (Lipinski definition) is 0. The van der Waals surface area contributed by atoms with E-state index < -0.39 is 0 Å². The van der Waals surface area contributed by atoms with Crippen molar-refractivity contribution in [2.45, 2.75) is 38.6 Å². The van der Waals surface area contributed by atoms with Crippen molar-refractivity contribution < 1.29 is 4.79 Å². The lowest BCUT2D eigenvalue weighted by molar-refractivity contribution is -0.124. The van der Waals surface area contributed by atoms with Crippen LogP contribution in [0.15, 0.2) is 70.6 Å². The first-order chi connectivity index (χ1) is 13.2. The summed E-state index contributed by atoms with van der Waals surface area (Å²) in [6, 6.07) is 20.2. The lowest BCUT2D eigenvalue weighted by atomic mass is 9.85. The Morgan fingerprint density at radius 2 is 1.67 bits per heavy atom. The summed E-state index contributed by atoms with van der Waals surface area (Å²) in [4.78, 5) is 20.9.